The highest BCUT2D eigenvalue weighted by Gasteiger charge is 2.24. The van der Waals surface area contributed by atoms with Crippen LogP contribution in [-0.4, -0.2) is 51.6 Å². The zero-order valence-corrected chi connectivity index (χ0v) is 18.2. The number of hydrogen-bond donors (Lipinski definition) is 0. The second kappa shape index (κ2) is 8.16. The lowest BCUT2D eigenvalue weighted by Crippen LogP contribution is -2.49. The molecule has 2 aromatic heterocycles. The minimum atomic E-state index is -0.429. The summed E-state index contributed by atoms with van der Waals surface area (Å²) in [7, 11) is 0. The van der Waals surface area contributed by atoms with Gasteiger partial charge in [-0.05, 0) is 30.7 Å². The minimum Gasteiger partial charge on any atom is -0.353 e. The SMILES string of the molecule is Cc1ccccc1-c1nn2c(=O)cc(N3CCN(C(=O)c4cccc(F)c4)CC3)nc2s1. The molecular formula is C23H20FN5O2S. The second-order valence-corrected chi connectivity index (χ2v) is 8.61. The molecule has 3 heterocycles. The van der Waals surface area contributed by atoms with Crippen LogP contribution in [0.5, 0.6) is 0 Å². The highest BCUT2D eigenvalue weighted by atomic mass is 32.1. The molecule has 0 aliphatic carbocycles. The van der Waals surface area contributed by atoms with Gasteiger partial charge in [0.1, 0.15) is 16.6 Å². The van der Waals surface area contributed by atoms with Crippen LogP contribution in [0.1, 0.15) is 15.9 Å². The Morgan fingerprint density at radius 2 is 1.81 bits per heavy atom. The molecule has 162 valence electrons. The van der Waals surface area contributed by atoms with Crippen LogP contribution in [0.25, 0.3) is 15.5 Å². The van der Waals surface area contributed by atoms with Gasteiger partial charge in [0.15, 0.2) is 0 Å². The molecule has 0 unspecified atom stereocenters. The van der Waals surface area contributed by atoms with E-state index in [1.54, 1.807) is 11.0 Å². The summed E-state index contributed by atoms with van der Waals surface area (Å²) in [6, 6.07) is 15.1. The highest BCUT2D eigenvalue weighted by Crippen LogP contribution is 2.27. The predicted molar refractivity (Wildman–Crippen MR) is 122 cm³/mol. The largest absolute Gasteiger partial charge is 0.353 e. The fraction of sp³-hybridized carbons (Fsp3) is 0.217. The summed E-state index contributed by atoms with van der Waals surface area (Å²) in [5.41, 5.74) is 2.16. The van der Waals surface area contributed by atoms with Gasteiger partial charge in [0.25, 0.3) is 11.5 Å². The fourth-order valence-corrected chi connectivity index (χ4v) is 4.82. The Morgan fingerprint density at radius 3 is 2.56 bits per heavy atom. The maximum atomic E-state index is 13.5. The number of fused-ring (bicyclic) bond motifs is 1. The van der Waals surface area contributed by atoms with Crippen LogP contribution in [-0.2, 0) is 0 Å². The number of piperazine rings is 1. The number of rotatable bonds is 3. The molecule has 5 rings (SSSR count). The average molecular weight is 450 g/mol. The molecule has 1 aliphatic heterocycles. The number of nitrogens with zero attached hydrogens (tertiary/aromatic N) is 5. The molecule has 32 heavy (non-hydrogen) atoms. The lowest BCUT2D eigenvalue weighted by molar-refractivity contribution is 0.0746. The van der Waals surface area contributed by atoms with E-state index in [1.807, 2.05) is 36.1 Å². The van der Waals surface area contributed by atoms with E-state index in [4.69, 9.17) is 0 Å². The molecule has 0 spiro atoms. The Balaban J connectivity index is 1.36. The molecule has 2 aromatic carbocycles. The molecule has 9 heteroatoms. The predicted octanol–water partition coefficient (Wildman–Crippen LogP) is 3.23. The van der Waals surface area contributed by atoms with Gasteiger partial charge in [0.05, 0.1) is 0 Å². The maximum absolute atomic E-state index is 13.5. The van der Waals surface area contributed by atoms with Gasteiger partial charge in [-0.1, -0.05) is 41.7 Å². The van der Waals surface area contributed by atoms with Crippen LogP contribution in [0.15, 0.2) is 59.4 Å². The third-order valence-corrected chi connectivity index (χ3v) is 6.51. The van der Waals surface area contributed by atoms with Crippen molar-refractivity contribution in [3.63, 3.8) is 0 Å². The number of benzene rings is 2. The Bertz CT molecular complexity index is 1370. The third-order valence-electron chi connectivity index (χ3n) is 5.57. The normalized spacial score (nSPS) is 14.2. The molecule has 0 N–H and O–H groups in total. The first kappa shape index (κ1) is 20.3. The number of carbonyl (C=O) groups excluding carboxylic acids is 1. The van der Waals surface area contributed by atoms with Crippen molar-refractivity contribution < 1.29 is 9.18 Å². The maximum Gasteiger partial charge on any atom is 0.277 e. The number of hydrogen-bond acceptors (Lipinski definition) is 6. The minimum absolute atomic E-state index is 0.196. The number of carbonyl (C=O) groups is 1. The van der Waals surface area contributed by atoms with E-state index >= 15 is 0 Å². The number of halogens is 1. The van der Waals surface area contributed by atoms with E-state index in [-0.39, 0.29) is 11.5 Å². The molecule has 4 aromatic rings. The average Bonchev–Trinajstić information content (AvgIpc) is 3.24. The molecule has 0 atom stereocenters. The van der Waals surface area contributed by atoms with Crippen molar-refractivity contribution in [2.45, 2.75) is 6.92 Å². The molecule has 7 nitrogen and oxygen atoms in total. The van der Waals surface area contributed by atoms with Gasteiger partial charge in [-0.3, -0.25) is 9.59 Å². The summed E-state index contributed by atoms with van der Waals surface area (Å²) in [5.74, 6) is -0.0483. The molecule has 0 radical (unpaired) electrons. The molecule has 1 fully saturated rings. The van der Waals surface area contributed by atoms with Gasteiger partial charge in [0, 0.05) is 43.4 Å². The van der Waals surface area contributed by atoms with Gasteiger partial charge in [-0.15, -0.1) is 0 Å². The van der Waals surface area contributed by atoms with Gasteiger partial charge in [-0.25, -0.2) is 9.37 Å². The summed E-state index contributed by atoms with van der Waals surface area (Å²) in [5, 5.41) is 5.21. The summed E-state index contributed by atoms with van der Waals surface area (Å²) >= 11 is 1.37. The molecule has 0 saturated carbocycles. The van der Waals surface area contributed by atoms with Crippen molar-refractivity contribution in [1.82, 2.24) is 19.5 Å². The van der Waals surface area contributed by atoms with E-state index in [2.05, 4.69) is 10.1 Å². The van der Waals surface area contributed by atoms with E-state index in [0.29, 0.717) is 42.5 Å². The first-order chi connectivity index (χ1) is 15.5. The van der Waals surface area contributed by atoms with Crippen molar-refractivity contribution in [2.24, 2.45) is 0 Å². The standard InChI is InChI=1S/C23H20FN5O2S/c1-15-5-2-3-8-18(15)21-26-29-20(30)14-19(25-23(29)32-21)27-9-11-28(12-10-27)22(31)16-6-4-7-17(24)13-16/h2-8,13-14H,9-12H2,1H3. The van der Waals surface area contributed by atoms with Crippen LogP contribution in [0.2, 0.25) is 0 Å². The number of aromatic nitrogens is 3. The summed E-state index contributed by atoms with van der Waals surface area (Å²) in [4.78, 5) is 34.2. The van der Waals surface area contributed by atoms with Gasteiger partial charge < -0.3 is 9.80 Å². The zero-order chi connectivity index (χ0) is 22.2. The Kier molecular flexibility index (Phi) is 5.18. The molecule has 1 amide bonds. The highest BCUT2D eigenvalue weighted by molar-refractivity contribution is 7.19. The van der Waals surface area contributed by atoms with Gasteiger partial charge in [-0.2, -0.15) is 9.61 Å². The first-order valence-corrected chi connectivity index (χ1v) is 11.1. The monoisotopic (exact) mass is 449 g/mol. The van der Waals surface area contributed by atoms with Crippen LogP contribution >= 0.6 is 11.3 Å². The Morgan fingerprint density at radius 1 is 1.03 bits per heavy atom. The zero-order valence-electron chi connectivity index (χ0n) is 17.4. The topological polar surface area (TPSA) is 70.8 Å². The van der Waals surface area contributed by atoms with Crippen molar-refractivity contribution in [1.29, 1.82) is 0 Å². The van der Waals surface area contributed by atoms with Crippen molar-refractivity contribution in [3.05, 3.63) is 81.9 Å². The molecule has 1 saturated heterocycles. The molecular weight excluding hydrogens is 429 g/mol. The molecule has 0 bridgehead atoms. The fourth-order valence-electron chi connectivity index (χ4n) is 3.83. The Hall–Kier alpha value is -3.59. The summed E-state index contributed by atoms with van der Waals surface area (Å²) < 4.78 is 14.8. The van der Waals surface area contributed by atoms with Gasteiger partial charge in [0.2, 0.25) is 4.96 Å². The van der Waals surface area contributed by atoms with Crippen LogP contribution < -0.4 is 10.5 Å². The van der Waals surface area contributed by atoms with Crippen LogP contribution in [0.4, 0.5) is 10.2 Å². The van der Waals surface area contributed by atoms with E-state index in [0.717, 1.165) is 16.1 Å². The van der Waals surface area contributed by atoms with Crippen LogP contribution in [0.3, 0.4) is 0 Å². The number of aryl methyl sites for hydroxylation is 1. The third kappa shape index (κ3) is 3.75. The summed E-state index contributed by atoms with van der Waals surface area (Å²) in [6.07, 6.45) is 0. The van der Waals surface area contributed by atoms with E-state index in [9.17, 15) is 14.0 Å². The van der Waals surface area contributed by atoms with Crippen molar-refractivity contribution in [2.75, 3.05) is 31.1 Å². The number of amides is 1. The first-order valence-electron chi connectivity index (χ1n) is 10.3. The molecule has 1 aliphatic rings. The van der Waals surface area contributed by atoms with Crippen LogP contribution in [0, 0.1) is 12.7 Å². The summed E-state index contributed by atoms with van der Waals surface area (Å²) in [6.45, 7) is 4.01. The van der Waals surface area contributed by atoms with Crippen molar-refractivity contribution >= 4 is 28.0 Å². The smallest absolute Gasteiger partial charge is 0.277 e. The lowest BCUT2D eigenvalue weighted by atomic mass is 10.1. The van der Waals surface area contributed by atoms with Gasteiger partial charge >= 0.3 is 0 Å². The van der Waals surface area contributed by atoms with E-state index < -0.39 is 5.82 Å². The quantitative estimate of drug-likeness (QED) is 0.480. The Labute approximate surface area is 187 Å². The lowest BCUT2D eigenvalue weighted by Gasteiger charge is -2.35. The van der Waals surface area contributed by atoms with Crippen molar-refractivity contribution in [3.8, 4) is 10.6 Å². The number of anilines is 1. The second-order valence-electron chi connectivity index (χ2n) is 7.66. The van der Waals surface area contributed by atoms with E-state index in [1.165, 1.54) is 40.1 Å².